The summed E-state index contributed by atoms with van der Waals surface area (Å²) in [6, 6.07) is 4.22. The molecular formula is C14H20F3NO. The van der Waals surface area contributed by atoms with Gasteiger partial charge in [0.15, 0.2) is 5.78 Å². The number of benzene rings is 1. The minimum atomic E-state index is -4.39. The fourth-order valence-electron chi connectivity index (χ4n) is 1.78. The summed E-state index contributed by atoms with van der Waals surface area (Å²) in [5, 5.41) is 0. The van der Waals surface area contributed by atoms with Crippen LogP contribution in [0.25, 0.3) is 0 Å². The first-order valence-corrected chi connectivity index (χ1v) is 6.07. The van der Waals surface area contributed by atoms with Crippen molar-refractivity contribution in [3.63, 3.8) is 0 Å². The number of alkyl halides is 3. The summed E-state index contributed by atoms with van der Waals surface area (Å²) in [6.07, 6.45) is -4.39. The van der Waals surface area contributed by atoms with Crippen molar-refractivity contribution >= 4 is 5.78 Å². The van der Waals surface area contributed by atoms with Gasteiger partial charge < -0.3 is 0 Å². The molecule has 0 saturated heterocycles. The van der Waals surface area contributed by atoms with E-state index < -0.39 is 17.8 Å². The molecule has 1 unspecified atom stereocenters. The maximum absolute atomic E-state index is 12.5. The van der Waals surface area contributed by atoms with E-state index in [1.165, 1.54) is 19.1 Å². The van der Waals surface area contributed by atoms with Crippen molar-refractivity contribution < 1.29 is 18.0 Å². The summed E-state index contributed by atoms with van der Waals surface area (Å²) in [4.78, 5) is 13.0. The van der Waals surface area contributed by atoms with Crippen LogP contribution in [0, 0.1) is 0 Å². The highest BCUT2D eigenvalue weighted by atomic mass is 19.4. The molecule has 0 aromatic heterocycles. The van der Waals surface area contributed by atoms with E-state index in [1.807, 2.05) is 13.8 Å². The quantitative estimate of drug-likeness (QED) is 0.833. The Morgan fingerprint density at radius 3 is 2.11 bits per heavy atom. The average molecular weight is 275 g/mol. The monoisotopic (exact) mass is 275 g/mol. The summed E-state index contributed by atoms with van der Waals surface area (Å²) in [6.45, 7) is 5.37. The summed E-state index contributed by atoms with van der Waals surface area (Å²) < 4.78 is 37.6. The predicted octanol–water partition coefficient (Wildman–Crippen LogP) is 3.92. The van der Waals surface area contributed by atoms with Crippen LogP contribution in [-0.4, -0.2) is 24.8 Å². The molecule has 1 rings (SSSR count). The van der Waals surface area contributed by atoms with Crippen molar-refractivity contribution in [3.05, 3.63) is 35.4 Å². The number of Topliss-reactive ketones (excluding diaryl/α,β-unsaturated/α-hetero) is 1. The SMILES string of the molecule is CC.CC(=O)C(c1cccc(C(F)(F)F)c1)N(C)C. The Balaban J connectivity index is 0.00000154. The molecule has 0 amide bonds. The summed E-state index contributed by atoms with van der Waals surface area (Å²) in [5.41, 5.74) is -0.375. The van der Waals surface area contributed by atoms with Gasteiger partial charge in [-0.1, -0.05) is 26.0 Å². The van der Waals surface area contributed by atoms with Crippen LogP contribution in [0.1, 0.15) is 37.9 Å². The van der Waals surface area contributed by atoms with Crippen molar-refractivity contribution in [2.24, 2.45) is 0 Å². The molecule has 1 aromatic carbocycles. The molecule has 0 heterocycles. The lowest BCUT2D eigenvalue weighted by molar-refractivity contribution is -0.137. The van der Waals surface area contributed by atoms with Gasteiger partial charge in [-0.2, -0.15) is 13.2 Å². The van der Waals surface area contributed by atoms with Gasteiger partial charge in [-0.25, -0.2) is 0 Å². The predicted molar refractivity (Wildman–Crippen MR) is 69.9 cm³/mol. The molecular weight excluding hydrogens is 255 g/mol. The lowest BCUT2D eigenvalue weighted by Crippen LogP contribution is -2.26. The fourth-order valence-corrected chi connectivity index (χ4v) is 1.78. The molecule has 0 saturated carbocycles. The third-order valence-electron chi connectivity index (χ3n) is 2.43. The number of carbonyl (C=O) groups excluding carboxylic acids is 1. The van der Waals surface area contributed by atoms with Gasteiger partial charge in [-0.05, 0) is 38.7 Å². The van der Waals surface area contributed by atoms with Gasteiger partial charge in [-0.3, -0.25) is 9.69 Å². The number of hydrogen-bond donors (Lipinski definition) is 0. The standard InChI is InChI=1S/C12H14F3NO.C2H6/c1-8(17)11(16(2)3)9-5-4-6-10(7-9)12(13,14)15;1-2/h4-7,11H,1-3H3;1-2H3. The van der Waals surface area contributed by atoms with Crippen LogP contribution in [0.15, 0.2) is 24.3 Å². The van der Waals surface area contributed by atoms with E-state index in [4.69, 9.17) is 0 Å². The number of hydrogen-bond acceptors (Lipinski definition) is 2. The Kier molecular flexibility index (Phi) is 6.76. The van der Waals surface area contributed by atoms with Crippen LogP contribution in [0.5, 0.6) is 0 Å². The molecule has 1 aromatic rings. The van der Waals surface area contributed by atoms with E-state index in [0.717, 1.165) is 12.1 Å². The molecule has 1 atom stereocenters. The van der Waals surface area contributed by atoms with Gasteiger partial charge in [0.25, 0.3) is 0 Å². The highest BCUT2D eigenvalue weighted by Crippen LogP contribution is 2.31. The zero-order valence-electron chi connectivity index (χ0n) is 11.9. The van der Waals surface area contributed by atoms with E-state index in [9.17, 15) is 18.0 Å². The molecule has 2 nitrogen and oxygen atoms in total. The second kappa shape index (κ2) is 7.28. The zero-order chi connectivity index (χ0) is 15.2. The van der Waals surface area contributed by atoms with Crippen LogP contribution >= 0.6 is 0 Å². The highest BCUT2D eigenvalue weighted by molar-refractivity contribution is 5.82. The third kappa shape index (κ3) is 5.03. The molecule has 0 bridgehead atoms. The number of rotatable bonds is 3. The molecule has 5 heteroatoms. The normalized spacial score (nSPS) is 12.7. The maximum Gasteiger partial charge on any atom is 0.416 e. The number of halogens is 3. The molecule has 19 heavy (non-hydrogen) atoms. The molecule has 0 aliphatic rings. The number of carbonyl (C=O) groups is 1. The second-order valence-corrected chi connectivity index (χ2v) is 4.10. The van der Waals surface area contributed by atoms with Crippen LogP contribution in [0.4, 0.5) is 13.2 Å². The first-order chi connectivity index (χ1) is 8.73. The van der Waals surface area contributed by atoms with E-state index >= 15 is 0 Å². The molecule has 0 radical (unpaired) electrons. The van der Waals surface area contributed by atoms with E-state index in [-0.39, 0.29) is 5.78 Å². The summed E-state index contributed by atoms with van der Waals surface area (Å²) in [5.74, 6) is -0.186. The minimum absolute atomic E-state index is 0.186. The van der Waals surface area contributed by atoms with Crippen molar-refractivity contribution in [2.75, 3.05) is 14.1 Å². The summed E-state index contributed by atoms with van der Waals surface area (Å²) in [7, 11) is 3.32. The molecule has 0 N–H and O–H groups in total. The van der Waals surface area contributed by atoms with E-state index in [2.05, 4.69) is 0 Å². The van der Waals surface area contributed by atoms with Gasteiger partial charge in [0.05, 0.1) is 11.6 Å². The molecule has 0 aliphatic carbocycles. The minimum Gasteiger partial charge on any atom is -0.298 e. The lowest BCUT2D eigenvalue weighted by atomic mass is 10.00. The number of likely N-dealkylation sites (N-methyl/N-ethyl adjacent to an activating group) is 1. The van der Waals surface area contributed by atoms with Crippen LogP contribution in [0.2, 0.25) is 0 Å². The molecule has 108 valence electrons. The van der Waals surface area contributed by atoms with Crippen LogP contribution in [0.3, 0.4) is 0 Å². The van der Waals surface area contributed by atoms with Gasteiger partial charge in [0, 0.05) is 0 Å². The Labute approximate surface area is 112 Å². The second-order valence-electron chi connectivity index (χ2n) is 4.10. The third-order valence-corrected chi connectivity index (χ3v) is 2.43. The van der Waals surface area contributed by atoms with Gasteiger partial charge >= 0.3 is 6.18 Å². The van der Waals surface area contributed by atoms with E-state index in [0.29, 0.717) is 5.56 Å². The topological polar surface area (TPSA) is 20.3 Å². The maximum atomic E-state index is 12.5. The Morgan fingerprint density at radius 2 is 1.74 bits per heavy atom. The van der Waals surface area contributed by atoms with Crippen LogP contribution in [-0.2, 0) is 11.0 Å². The lowest BCUT2D eigenvalue weighted by Gasteiger charge is -2.22. The molecule has 0 fully saturated rings. The van der Waals surface area contributed by atoms with Gasteiger partial charge in [0.2, 0.25) is 0 Å². The van der Waals surface area contributed by atoms with Crippen molar-refractivity contribution in [1.82, 2.24) is 4.90 Å². The Hall–Kier alpha value is -1.36. The number of nitrogens with zero attached hydrogens (tertiary/aromatic N) is 1. The first kappa shape index (κ1) is 17.6. The van der Waals surface area contributed by atoms with Gasteiger partial charge in [-0.15, -0.1) is 0 Å². The highest BCUT2D eigenvalue weighted by Gasteiger charge is 2.31. The Bertz CT molecular complexity index is 413. The van der Waals surface area contributed by atoms with Gasteiger partial charge in [0.1, 0.15) is 0 Å². The molecule has 0 spiro atoms. The number of ketones is 1. The van der Waals surface area contributed by atoms with Crippen molar-refractivity contribution in [3.8, 4) is 0 Å². The Morgan fingerprint density at radius 1 is 1.21 bits per heavy atom. The van der Waals surface area contributed by atoms with Crippen LogP contribution < -0.4 is 0 Å². The van der Waals surface area contributed by atoms with E-state index in [1.54, 1.807) is 19.0 Å². The first-order valence-electron chi connectivity index (χ1n) is 6.07. The average Bonchev–Trinajstić information content (AvgIpc) is 2.30. The summed E-state index contributed by atoms with van der Waals surface area (Å²) >= 11 is 0. The largest absolute Gasteiger partial charge is 0.416 e. The molecule has 0 aliphatic heterocycles. The van der Waals surface area contributed by atoms with Crippen molar-refractivity contribution in [1.29, 1.82) is 0 Å². The zero-order valence-corrected chi connectivity index (χ0v) is 11.9. The smallest absolute Gasteiger partial charge is 0.298 e. The fraction of sp³-hybridized carbons (Fsp3) is 0.500. The van der Waals surface area contributed by atoms with Crippen molar-refractivity contribution in [2.45, 2.75) is 33.0 Å².